The second-order valence-electron chi connectivity index (χ2n) is 6.12. The molecule has 0 fully saturated rings. The average molecular weight is 391 g/mol. The minimum absolute atomic E-state index is 0.0236. The lowest BCUT2D eigenvalue weighted by Crippen LogP contribution is -2.17. The minimum atomic E-state index is -3.94. The van der Waals surface area contributed by atoms with E-state index in [1.54, 1.807) is 26.0 Å². The second-order valence-corrected chi connectivity index (χ2v) is 7.73. The van der Waals surface area contributed by atoms with Gasteiger partial charge in [0, 0.05) is 0 Å². The van der Waals surface area contributed by atoms with Gasteiger partial charge < -0.3 is 9.47 Å². The maximum Gasteiger partial charge on any atom is 0.337 e. The highest BCUT2D eigenvalue weighted by Crippen LogP contribution is 2.26. The first kappa shape index (κ1) is 20.4. The van der Waals surface area contributed by atoms with Gasteiger partial charge in [0.1, 0.15) is 0 Å². The Hall–Kier alpha value is -2.87. The molecule has 0 aliphatic heterocycles. The summed E-state index contributed by atoms with van der Waals surface area (Å²) in [6.45, 7) is 5.30. The number of nitrogens with one attached hydrogen (secondary N) is 1. The van der Waals surface area contributed by atoms with Crippen LogP contribution in [0.2, 0.25) is 0 Å². The Labute approximate surface area is 158 Å². The molecule has 0 heterocycles. The highest BCUT2D eigenvalue weighted by Gasteiger charge is 2.22. The zero-order valence-electron chi connectivity index (χ0n) is 15.7. The number of ether oxygens (including phenoxy) is 2. The van der Waals surface area contributed by atoms with Crippen molar-refractivity contribution in [2.45, 2.75) is 25.7 Å². The Balaban J connectivity index is 2.55. The van der Waals surface area contributed by atoms with Crippen LogP contribution in [-0.4, -0.2) is 34.6 Å². The van der Waals surface area contributed by atoms with Gasteiger partial charge in [0.25, 0.3) is 10.0 Å². The maximum absolute atomic E-state index is 12.9. The molecule has 0 atom stereocenters. The third-order valence-corrected chi connectivity index (χ3v) is 5.59. The first-order valence-electron chi connectivity index (χ1n) is 8.01. The lowest BCUT2D eigenvalue weighted by Gasteiger charge is -2.15. The van der Waals surface area contributed by atoms with Gasteiger partial charge in [-0.25, -0.2) is 18.0 Å². The van der Waals surface area contributed by atoms with Gasteiger partial charge in [-0.3, -0.25) is 4.72 Å². The van der Waals surface area contributed by atoms with E-state index >= 15 is 0 Å². The Bertz CT molecular complexity index is 954. The number of sulfonamides is 1. The molecule has 2 rings (SSSR count). The predicted molar refractivity (Wildman–Crippen MR) is 101 cm³/mol. The Morgan fingerprint density at radius 1 is 0.815 bits per heavy atom. The van der Waals surface area contributed by atoms with Crippen LogP contribution in [-0.2, 0) is 19.5 Å². The molecule has 1 N–H and O–H groups in total. The van der Waals surface area contributed by atoms with E-state index in [-0.39, 0.29) is 21.7 Å². The summed E-state index contributed by atoms with van der Waals surface area (Å²) >= 11 is 0. The minimum Gasteiger partial charge on any atom is -0.465 e. The molecule has 2 aromatic carbocycles. The third kappa shape index (κ3) is 4.46. The molecule has 7 nitrogen and oxygen atoms in total. The zero-order valence-corrected chi connectivity index (χ0v) is 16.6. The van der Waals surface area contributed by atoms with Gasteiger partial charge >= 0.3 is 11.9 Å². The van der Waals surface area contributed by atoms with E-state index in [4.69, 9.17) is 0 Å². The standard InChI is InChI=1S/C19H21NO6S/c1-11-6-12(2)17(13(3)7-11)27(23,24)20-16-9-14(18(21)25-4)8-15(10-16)19(22)26-5/h6-10,20H,1-5H3. The van der Waals surface area contributed by atoms with Crippen LogP contribution in [0.5, 0.6) is 0 Å². The van der Waals surface area contributed by atoms with Crippen molar-refractivity contribution in [1.29, 1.82) is 0 Å². The van der Waals surface area contributed by atoms with Crippen molar-refractivity contribution in [3.63, 3.8) is 0 Å². The largest absolute Gasteiger partial charge is 0.465 e. The number of esters is 2. The normalized spacial score (nSPS) is 11.0. The third-order valence-electron chi connectivity index (χ3n) is 3.90. The fraction of sp³-hybridized carbons (Fsp3) is 0.263. The van der Waals surface area contributed by atoms with Gasteiger partial charge in [-0.05, 0) is 50.1 Å². The summed E-state index contributed by atoms with van der Waals surface area (Å²) in [7, 11) is -1.56. The molecule has 0 radical (unpaired) electrons. The van der Waals surface area contributed by atoms with Gasteiger partial charge in [-0.1, -0.05) is 17.7 Å². The number of methoxy groups -OCH3 is 2. The quantitative estimate of drug-likeness (QED) is 0.787. The molecule has 8 heteroatoms. The Morgan fingerprint density at radius 2 is 1.26 bits per heavy atom. The van der Waals surface area contributed by atoms with Crippen molar-refractivity contribution < 1.29 is 27.5 Å². The Kier molecular flexibility index (Phi) is 5.90. The summed E-state index contributed by atoms with van der Waals surface area (Å²) in [6.07, 6.45) is 0. The highest BCUT2D eigenvalue weighted by molar-refractivity contribution is 7.92. The van der Waals surface area contributed by atoms with E-state index in [2.05, 4.69) is 14.2 Å². The van der Waals surface area contributed by atoms with Gasteiger partial charge in [0.05, 0.1) is 35.9 Å². The summed E-state index contributed by atoms with van der Waals surface area (Å²) in [5.74, 6) is -1.41. The molecule has 0 bridgehead atoms. The summed E-state index contributed by atoms with van der Waals surface area (Å²) in [5.41, 5.74) is 2.24. The molecule has 0 aromatic heterocycles. The van der Waals surface area contributed by atoms with Crippen LogP contribution in [0, 0.1) is 20.8 Å². The lowest BCUT2D eigenvalue weighted by molar-refractivity contribution is 0.0599. The number of benzene rings is 2. The monoisotopic (exact) mass is 391 g/mol. The number of aryl methyl sites for hydroxylation is 3. The molecular weight excluding hydrogens is 370 g/mol. The van der Waals surface area contributed by atoms with Crippen molar-refractivity contribution in [2.75, 3.05) is 18.9 Å². The number of hydrogen-bond donors (Lipinski definition) is 1. The lowest BCUT2D eigenvalue weighted by atomic mass is 10.1. The van der Waals surface area contributed by atoms with E-state index in [0.717, 1.165) is 5.56 Å². The van der Waals surface area contributed by atoms with Crippen LogP contribution in [0.4, 0.5) is 5.69 Å². The molecular formula is C19H21NO6S. The summed E-state index contributed by atoms with van der Waals surface area (Å²) in [5, 5.41) is 0. The number of carbonyl (C=O) groups is 2. The molecule has 0 amide bonds. The van der Waals surface area contributed by atoms with Crippen molar-refractivity contribution in [3.05, 3.63) is 58.1 Å². The molecule has 0 unspecified atom stereocenters. The van der Waals surface area contributed by atoms with Crippen LogP contribution in [0.15, 0.2) is 35.2 Å². The molecule has 144 valence electrons. The fourth-order valence-corrected chi connectivity index (χ4v) is 4.45. The fourth-order valence-electron chi connectivity index (χ4n) is 2.95. The topological polar surface area (TPSA) is 98.8 Å². The van der Waals surface area contributed by atoms with E-state index in [1.165, 1.54) is 32.4 Å². The molecule has 27 heavy (non-hydrogen) atoms. The first-order chi connectivity index (χ1) is 12.6. The second kappa shape index (κ2) is 7.79. The summed E-state index contributed by atoms with van der Waals surface area (Å²) in [6, 6.07) is 7.42. The predicted octanol–water partition coefficient (Wildman–Crippen LogP) is 2.99. The van der Waals surface area contributed by atoms with Gasteiger partial charge in [-0.2, -0.15) is 0 Å². The van der Waals surface area contributed by atoms with Gasteiger partial charge in [0.15, 0.2) is 0 Å². The van der Waals surface area contributed by atoms with Crippen molar-refractivity contribution in [3.8, 4) is 0 Å². The number of carbonyl (C=O) groups excluding carboxylic acids is 2. The highest BCUT2D eigenvalue weighted by atomic mass is 32.2. The van der Waals surface area contributed by atoms with Crippen molar-refractivity contribution in [1.82, 2.24) is 0 Å². The summed E-state index contributed by atoms with van der Waals surface area (Å²) < 4.78 is 37.6. The molecule has 0 spiro atoms. The first-order valence-corrected chi connectivity index (χ1v) is 9.49. The summed E-state index contributed by atoms with van der Waals surface area (Å²) in [4.78, 5) is 23.9. The molecule has 0 saturated heterocycles. The molecule has 0 aliphatic carbocycles. The van der Waals surface area contributed by atoms with Crippen molar-refractivity contribution >= 4 is 27.6 Å². The Morgan fingerprint density at radius 3 is 1.67 bits per heavy atom. The van der Waals surface area contributed by atoms with E-state index in [0.29, 0.717) is 11.1 Å². The average Bonchev–Trinajstić information content (AvgIpc) is 2.58. The van der Waals surface area contributed by atoms with Gasteiger partial charge in [-0.15, -0.1) is 0 Å². The zero-order chi connectivity index (χ0) is 20.4. The number of rotatable bonds is 5. The van der Waals surface area contributed by atoms with E-state index < -0.39 is 22.0 Å². The van der Waals surface area contributed by atoms with Crippen LogP contribution >= 0.6 is 0 Å². The van der Waals surface area contributed by atoms with Crippen LogP contribution in [0.1, 0.15) is 37.4 Å². The maximum atomic E-state index is 12.9. The van der Waals surface area contributed by atoms with Crippen molar-refractivity contribution in [2.24, 2.45) is 0 Å². The van der Waals surface area contributed by atoms with Crippen LogP contribution in [0.25, 0.3) is 0 Å². The van der Waals surface area contributed by atoms with Crippen LogP contribution < -0.4 is 4.72 Å². The van der Waals surface area contributed by atoms with E-state index in [1.807, 2.05) is 6.92 Å². The van der Waals surface area contributed by atoms with E-state index in [9.17, 15) is 18.0 Å². The van der Waals surface area contributed by atoms with Gasteiger partial charge in [0.2, 0.25) is 0 Å². The SMILES string of the molecule is COC(=O)c1cc(NS(=O)(=O)c2c(C)cc(C)cc2C)cc(C(=O)OC)c1. The van der Waals surface area contributed by atoms with Crippen LogP contribution in [0.3, 0.4) is 0 Å². The number of hydrogen-bond acceptors (Lipinski definition) is 6. The molecule has 0 saturated carbocycles. The molecule has 2 aromatic rings. The molecule has 0 aliphatic rings. The number of anilines is 1. The smallest absolute Gasteiger partial charge is 0.337 e.